The zero-order valence-corrected chi connectivity index (χ0v) is 18.6. The van der Waals surface area contributed by atoms with E-state index in [1.165, 1.54) is 24.3 Å². The van der Waals surface area contributed by atoms with Crippen LogP contribution in [0.3, 0.4) is 0 Å². The molecule has 0 spiro atoms. The molecular formula is C22H16F3N5O3S. The Morgan fingerprint density at radius 3 is 2.41 bits per heavy atom. The molecular weight excluding hydrogens is 471 g/mol. The van der Waals surface area contributed by atoms with Crippen LogP contribution in [0.4, 0.5) is 24.5 Å². The maximum absolute atomic E-state index is 12.9. The Bertz CT molecular complexity index is 1560. The number of nitrogens with one attached hydrogen (secondary N) is 1. The Morgan fingerprint density at radius 1 is 1.09 bits per heavy atom. The summed E-state index contributed by atoms with van der Waals surface area (Å²) in [5.41, 5.74) is -0.413. The van der Waals surface area contributed by atoms with Gasteiger partial charge in [-0.1, -0.05) is 41.7 Å². The molecule has 1 amide bonds. The first-order chi connectivity index (χ1) is 16.0. The molecule has 2 heterocycles. The van der Waals surface area contributed by atoms with E-state index in [4.69, 9.17) is 0 Å². The Hall–Kier alpha value is -4.06. The topological polar surface area (TPSA) is 96.7 Å². The lowest BCUT2D eigenvalue weighted by Gasteiger charge is -2.11. The summed E-state index contributed by atoms with van der Waals surface area (Å²) in [6.07, 6.45) is -3.49. The molecule has 0 atom stereocenters. The van der Waals surface area contributed by atoms with Crippen molar-refractivity contribution in [2.24, 2.45) is 0 Å². The maximum atomic E-state index is 12.9. The number of rotatable bonds is 4. The minimum absolute atomic E-state index is 0.0340. The van der Waals surface area contributed by atoms with Gasteiger partial charge in [0, 0.05) is 25.3 Å². The fourth-order valence-corrected chi connectivity index (χ4v) is 3.99. The van der Waals surface area contributed by atoms with Gasteiger partial charge >= 0.3 is 17.6 Å². The average molecular weight is 487 g/mol. The number of alkyl halides is 3. The normalized spacial score (nSPS) is 12.2. The number of benzene rings is 2. The van der Waals surface area contributed by atoms with E-state index >= 15 is 0 Å². The Balaban J connectivity index is 1.80. The second-order valence-corrected chi connectivity index (χ2v) is 8.37. The van der Waals surface area contributed by atoms with Crippen LogP contribution < -0.4 is 25.9 Å². The average Bonchev–Trinajstić information content (AvgIpc) is 3.07. The molecule has 2 aromatic carbocycles. The van der Waals surface area contributed by atoms with E-state index in [0.29, 0.717) is 0 Å². The molecule has 0 fully saturated rings. The first-order valence-electron chi connectivity index (χ1n) is 9.75. The highest BCUT2D eigenvalue weighted by Gasteiger charge is 2.39. The summed E-state index contributed by atoms with van der Waals surface area (Å²) in [7, 11) is 3.80. The molecule has 0 radical (unpaired) electrons. The fraction of sp³-hybridized carbons (Fsp3) is 0.136. The van der Waals surface area contributed by atoms with E-state index in [1.807, 2.05) is 43.3 Å². The van der Waals surface area contributed by atoms with Crippen molar-refractivity contribution in [3.8, 4) is 11.3 Å². The van der Waals surface area contributed by atoms with Crippen LogP contribution in [0.2, 0.25) is 0 Å². The largest absolute Gasteiger partial charge is 0.471 e. The van der Waals surface area contributed by atoms with Crippen molar-refractivity contribution < 1.29 is 18.0 Å². The zero-order valence-electron chi connectivity index (χ0n) is 17.8. The van der Waals surface area contributed by atoms with Crippen LogP contribution in [0.5, 0.6) is 0 Å². The lowest BCUT2D eigenvalue weighted by atomic mass is 10.1. The van der Waals surface area contributed by atoms with Crippen LogP contribution in [-0.2, 0) is 4.79 Å². The molecule has 0 bridgehead atoms. The Kier molecular flexibility index (Phi) is 5.92. The lowest BCUT2D eigenvalue weighted by Crippen LogP contribution is -2.30. The molecule has 34 heavy (non-hydrogen) atoms. The van der Waals surface area contributed by atoms with Gasteiger partial charge in [-0.2, -0.15) is 27.8 Å². The van der Waals surface area contributed by atoms with Gasteiger partial charge in [-0.25, -0.2) is 0 Å². The third-order valence-corrected chi connectivity index (χ3v) is 5.74. The number of fused-ring (bicyclic) bond motifs is 1. The summed E-state index contributed by atoms with van der Waals surface area (Å²) in [5, 5.41) is 5.78. The van der Waals surface area contributed by atoms with Crippen molar-refractivity contribution in [1.29, 1.82) is 0 Å². The van der Waals surface area contributed by atoms with Gasteiger partial charge in [0.05, 0.1) is 10.2 Å². The number of hydrogen-bond acceptors (Lipinski definition) is 7. The van der Waals surface area contributed by atoms with Gasteiger partial charge in [-0.3, -0.25) is 14.4 Å². The SMILES string of the molecule is CN(C)c1ccc(C=c2sc3nc(=O)c(-c4ccccc4NC(=O)C(F)(F)F)nn3c2=O)cc1. The third-order valence-electron chi connectivity index (χ3n) is 4.78. The minimum Gasteiger partial charge on any atom is -0.378 e. The number of thiazole rings is 1. The quantitative estimate of drug-likeness (QED) is 0.475. The Labute approximate surface area is 193 Å². The van der Waals surface area contributed by atoms with Gasteiger partial charge < -0.3 is 10.2 Å². The number of halogens is 3. The number of para-hydroxylation sites is 1. The standard InChI is InChI=1S/C22H16F3N5O3S/c1-29(2)13-9-7-12(8-10-13)11-16-19(32)30-21(34-16)27-18(31)17(28-30)14-5-3-4-6-15(14)26-20(33)22(23,24)25/h3-11H,1-2H3,(H,26,33). The van der Waals surface area contributed by atoms with Gasteiger partial charge in [0.25, 0.3) is 5.56 Å². The summed E-state index contributed by atoms with van der Waals surface area (Å²) < 4.78 is 39.3. The number of carbonyl (C=O) groups excluding carboxylic acids is 1. The van der Waals surface area contributed by atoms with Crippen LogP contribution >= 0.6 is 11.3 Å². The molecule has 2 aromatic heterocycles. The number of aromatic nitrogens is 3. The Morgan fingerprint density at radius 2 is 1.76 bits per heavy atom. The smallest absolute Gasteiger partial charge is 0.378 e. The molecule has 0 unspecified atom stereocenters. The molecule has 0 aliphatic rings. The highest BCUT2D eigenvalue weighted by molar-refractivity contribution is 7.15. The van der Waals surface area contributed by atoms with Crippen LogP contribution in [0, 0.1) is 0 Å². The van der Waals surface area contributed by atoms with Crippen molar-refractivity contribution in [3.05, 3.63) is 79.3 Å². The number of amides is 1. The van der Waals surface area contributed by atoms with E-state index < -0.39 is 23.2 Å². The predicted molar refractivity (Wildman–Crippen MR) is 123 cm³/mol. The molecule has 4 rings (SSSR count). The molecule has 1 N–H and O–H groups in total. The van der Waals surface area contributed by atoms with E-state index in [-0.39, 0.29) is 26.4 Å². The van der Waals surface area contributed by atoms with E-state index in [1.54, 1.807) is 11.4 Å². The molecule has 0 aliphatic heterocycles. The zero-order chi connectivity index (χ0) is 24.6. The molecule has 174 valence electrons. The first kappa shape index (κ1) is 23.1. The lowest BCUT2D eigenvalue weighted by molar-refractivity contribution is -0.167. The predicted octanol–water partition coefficient (Wildman–Crippen LogP) is 2.29. The number of hydrogen-bond donors (Lipinski definition) is 1. The van der Waals surface area contributed by atoms with Crippen LogP contribution in [0.15, 0.2) is 58.1 Å². The van der Waals surface area contributed by atoms with Crippen molar-refractivity contribution in [3.63, 3.8) is 0 Å². The van der Waals surface area contributed by atoms with Gasteiger partial charge in [0.1, 0.15) is 0 Å². The van der Waals surface area contributed by atoms with Gasteiger partial charge in [-0.15, -0.1) is 0 Å². The monoisotopic (exact) mass is 487 g/mol. The molecule has 0 aliphatic carbocycles. The molecule has 0 saturated heterocycles. The number of anilines is 2. The van der Waals surface area contributed by atoms with Crippen LogP contribution in [-0.4, -0.2) is 40.8 Å². The van der Waals surface area contributed by atoms with Gasteiger partial charge in [0.2, 0.25) is 4.96 Å². The van der Waals surface area contributed by atoms with E-state index in [2.05, 4.69) is 10.1 Å². The van der Waals surface area contributed by atoms with Crippen molar-refractivity contribution in [2.75, 3.05) is 24.3 Å². The second kappa shape index (κ2) is 8.71. The number of carbonyl (C=O) groups is 1. The van der Waals surface area contributed by atoms with Gasteiger partial charge in [-0.05, 0) is 29.8 Å². The minimum atomic E-state index is -5.12. The van der Waals surface area contributed by atoms with Crippen molar-refractivity contribution >= 4 is 39.7 Å². The summed E-state index contributed by atoms with van der Waals surface area (Å²) in [6.45, 7) is 0. The first-order valence-corrected chi connectivity index (χ1v) is 10.6. The second-order valence-electron chi connectivity index (χ2n) is 7.36. The highest BCUT2D eigenvalue weighted by atomic mass is 32.1. The number of nitrogens with zero attached hydrogens (tertiary/aromatic N) is 4. The fourth-order valence-electron chi connectivity index (χ4n) is 3.09. The molecule has 0 saturated carbocycles. The molecule has 4 aromatic rings. The maximum Gasteiger partial charge on any atom is 0.471 e. The molecule has 8 nitrogen and oxygen atoms in total. The summed E-state index contributed by atoms with van der Waals surface area (Å²) in [6, 6.07) is 12.8. The summed E-state index contributed by atoms with van der Waals surface area (Å²) >= 11 is 0.958. The van der Waals surface area contributed by atoms with Crippen molar-refractivity contribution in [2.45, 2.75) is 6.18 Å². The summed E-state index contributed by atoms with van der Waals surface area (Å²) in [4.78, 5) is 42.8. The third kappa shape index (κ3) is 4.53. The van der Waals surface area contributed by atoms with Crippen LogP contribution in [0.1, 0.15) is 5.56 Å². The van der Waals surface area contributed by atoms with Gasteiger partial charge in [0.15, 0.2) is 5.69 Å². The van der Waals surface area contributed by atoms with E-state index in [9.17, 15) is 27.6 Å². The highest BCUT2D eigenvalue weighted by Crippen LogP contribution is 2.26. The summed E-state index contributed by atoms with van der Waals surface area (Å²) in [5.74, 6) is -2.20. The van der Waals surface area contributed by atoms with E-state index in [0.717, 1.165) is 27.1 Å². The molecule has 12 heteroatoms. The van der Waals surface area contributed by atoms with Crippen LogP contribution in [0.25, 0.3) is 22.3 Å². The van der Waals surface area contributed by atoms with Crippen molar-refractivity contribution in [1.82, 2.24) is 14.6 Å².